The van der Waals surface area contributed by atoms with Gasteiger partial charge in [0.1, 0.15) is 24.0 Å². The average Bonchev–Trinajstić information content (AvgIpc) is 2.62. The number of benzene rings is 2. The van der Waals surface area contributed by atoms with E-state index in [9.17, 15) is 4.39 Å². The number of ether oxygens (including phenoxy) is 1. The fraction of sp³-hybridized carbons (Fsp3) is 0.158. The van der Waals surface area contributed by atoms with Crippen LogP contribution < -0.4 is 15.8 Å². The van der Waals surface area contributed by atoms with Gasteiger partial charge >= 0.3 is 0 Å². The van der Waals surface area contributed by atoms with Gasteiger partial charge in [0.15, 0.2) is 0 Å². The van der Waals surface area contributed by atoms with E-state index in [2.05, 4.69) is 15.3 Å². The minimum absolute atomic E-state index is 0.270. The lowest BCUT2D eigenvalue weighted by Crippen LogP contribution is -2.14. The van der Waals surface area contributed by atoms with Crippen LogP contribution in [0.2, 0.25) is 0 Å². The summed E-state index contributed by atoms with van der Waals surface area (Å²) >= 11 is 0. The van der Waals surface area contributed by atoms with Gasteiger partial charge in [-0.2, -0.15) is 4.98 Å². The lowest BCUT2D eigenvalue weighted by molar-refractivity contribution is 0.332. The highest BCUT2D eigenvalue weighted by atomic mass is 19.1. The summed E-state index contributed by atoms with van der Waals surface area (Å²) in [6, 6.07) is 16.0. The van der Waals surface area contributed by atoms with E-state index in [-0.39, 0.29) is 5.82 Å². The molecule has 3 rings (SSSR count). The minimum Gasteiger partial charge on any atom is -0.492 e. The zero-order valence-electron chi connectivity index (χ0n) is 13.7. The second-order valence-electron chi connectivity index (χ2n) is 5.50. The Morgan fingerprint density at radius 1 is 1.08 bits per heavy atom. The maximum atomic E-state index is 13.2. The van der Waals surface area contributed by atoms with Crippen molar-refractivity contribution >= 4 is 11.8 Å². The molecule has 0 amide bonds. The van der Waals surface area contributed by atoms with Crippen molar-refractivity contribution in [3.05, 3.63) is 77.7 Å². The monoisotopic (exact) mass is 338 g/mol. The van der Waals surface area contributed by atoms with Crippen LogP contribution in [0, 0.1) is 5.82 Å². The quantitative estimate of drug-likeness (QED) is 0.647. The third kappa shape index (κ3) is 4.91. The molecule has 0 aliphatic rings. The molecule has 25 heavy (non-hydrogen) atoms. The maximum absolute atomic E-state index is 13.2. The molecule has 3 aromatic rings. The SMILES string of the molecule is Nc1nc(NCCOc2ccccc2)ncc1Cc1cccc(F)c1. The molecule has 1 aromatic heterocycles. The number of nitrogens with one attached hydrogen (secondary N) is 1. The fourth-order valence-corrected chi connectivity index (χ4v) is 2.36. The summed E-state index contributed by atoms with van der Waals surface area (Å²) in [6.45, 7) is 1.04. The lowest BCUT2D eigenvalue weighted by atomic mass is 10.1. The van der Waals surface area contributed by atoms with Gasteiger partial charge in [-0.05, 0) is 29.8 Å². The summed E-state index contributed by atoms with van der Waals surface area (Å²) in [7, 11) is 0. The smallest absolute Gasteiger partial charge is 0.224 e. The summed E-state index contributed by atoms with van der Waals surface area (Å²) in [5.41, 5.74) is 7.57. The van der Waals surface area contributed by atoms with Gasteiger partial charge in [0.25, 0.3) is 0 Å². The van der Waals surface area contributed by atoms with Crippen LogP contribution in [0.25, 0.3) is 0 Å². The predicted octanol–water partition coefficient (Wildman–Crippen LogP) is 3.28. The van der Waals surface area contributed by atoms with Crippen LogP contribution in [-0.4, -0.2) is 23.1 Å². The standard InChI is InChI=1S/C19H19FN4O/c20-16-6-4-5-14(12-16)11-15-13-23-19(24-18(15)21)22-9-10-25-17-7-2-1-3-8-17/h1-8,12-13H,9-11H2,(H3,21,22,23,24). The van der Waals surface area contributed by atoms with E-state index in [4.69, 9.17) is 10.5 Å². The second kappa shape index (κ2) is 8.10. The molecule has 1 heterocycles. The Labute approximate surface area is 145 Å². The summed E-state index contributed by atoms with van der Waals surface area (Å²) in [4.78, 5) is 8.49. The van der Waals surface area contributed by atoms with E-state index >= 15 is 0 Å². The van der Waals surface area contributed by atoms with E-state index in [0.29, 0.717) is 31.3 Å². The Kier molecular flexibility index (Phi) is 5.41. The average molecular weight is 338 g/mol. The largest absolute Gasteiger partial charge is 0.492 e. The molecule has 0 bridgehead atoms. The maximum Gasteiger partial charge on any atom is 0.224 e. The molecule has 0 saturated heterocycles. The van der Waals surface area contributed by atoms with Crippen molar-refractivity contribution in [2.75, 3.05) is 24.2 Å². The van der Waals surface area contributed by atoms with E-state index in [0.717, 1.165) is 16.9 Å². The normalized spacial score (nSPS) is 10.4. The first-order chi connectivity index (χ1) is 12.2. The van der Waals surface area contributed by atoms with Gasteiger partial charge in [0.2, 0.25) is 5.95 Å². The molecule has 0 atom stereocenters. The zero-order valence-corrected chi connectivity index (χ0v) is 13.7. The molecule has 0 saturated carbocycles. The number of rotatable bonds is 7. The Bertz CT molecular complexity index is 827. The van der Waals surface area contributed by atoms with Crippen LogP contribution in [0.15, 0.2) is 60.8 Å². The molecule has 6 heteroatoms. The summed E-state index contributed by atoms with van der Waals surface area (Å²) in [5, 5.41) is 3.07. The number of nitrogens with two attached hydrogens (primary N) is 1. The molecule has 2 aromatic carbocycles. The molecule has 3 N–H and O–H groups in total. The van der Waals surface area contributed by atoms with Gasteiger partial charge in [-0.1, -0.05) is 30.3 Å². The number of nitrogen functional groups attached to an aromatic ring is 1. The van der Waals surface area contributed by atoms with E-state index in [1.807, 2.05) is 36.4 Å². The summed E-state index contributed by atoms with van der Waals surface area (Å²) in [6.07, 6.45) is 2.15. The summed E-state index contributed by atoms with van der Waals surface area (Å²) in [5.74, 6) is 1.37. The fourth-order valence-electron chi connectivity index (χ4n) is 2.36. The number of hydrogen-bond donors (Lipinski definition) is 2. The van der Waals surface area contributed by atoms with Crippen LogP contribution in [0.5, 0.6) is 5.75 Å². The van der Waals surface area contributed by atoms with Crippen molar-refractivity contribution in [3.8, 4) is 5.75 Å². The first-order valence-corrected chi connectivity index (χ1v) is 7.98. The zero-order chi connectivity index (χ0) is 17.5. The van der Waals surface area contributed by atoms with Gasteiger partial charge < -0.3 is 15.8 Å². The predicted molar refractivity (Wildman–Crippen MR) is 96.1 cm³/mol. The van der Waals surface area contributed by atoms with E-state index in [1.54, 1.807) is 12.3 Å². The van der Waals surface area contributed by atoms with Crippen molar-refractivity contribution in [2.45, 2.75) is 6.42 Å². The third-order valence-electron chi connectivity index (χ3n) is 3.58. The first kappa shape index (κ1) is 16.7. The van der Waals surface area contributed by atoms with Crippen molar-refractivity contribution in [3.63, 3.8) is 0 Å². The molecular formula is C19H19FN4O. The molecular weight excluding hydrogens is 319 g/mol. The molecule has 5 nitrogen and oxygen atoms in total. The van der Waals surface area contributed by atoms with Crippen LogP contribution in [-0.2, 0) is 6.42 Å². The molecule has 128 valence electrons. The number of halogens is 1. The number of aromatic nitrogens is 2. The van der Waals surface area contributed by atoms with Crippen LogP contribution in [0.3, 0.4) is 0 Å². The highest BCUT2D eigenvalue weighted by molar-refractivity contribution is 5.45. The van der Waals surface area contributed by atoms with E-state index in [1.165, 1.54) is 12.1 Å². The Hall–Kier alpha value is -3.15. The van der Waals surface area contributed by atoms with Crippen molar-refractivity contribution in [1.82, 2.24) is 9.97 Å². The van der Waals surface area contributed by atoms with Crippen LogP contribution in [0.1, 0.15) is 11.1 Å². The highest BCUT2D eigenvalue weighted by Crippen LogP contribution is 2.16. The van der Waals surface area contributed by atoms with Gasteiger partial charge in [-0.15, -0.1) is 0 Å². The lowest BCUT2D eigenvalue weighted by Gasteiger charge is -2.09. The minimum atomic E-state index is -0.270. The number of para-hydroxylation sites is 1. The molecule has 0 radical (unpaired) electrons. The van der Waals surface area contributed by atoms with Crippen LogP contribution >= 0.6 is 0 Å². The highest BCUT2D eigenvalue weighted by Gasteiger charge is 2.06. The number of hydrogen-bond acceptors (Lipinski definition) is 5. The second-order valence-corrected chi connectivity index (χ2v) is 5.50. The van der Waals surface area contributed by atoms with Gasteiger partial charge in [-0.3, -0.25) is 0 Å². The van der Waals surface area contributed by atoms with Crippen molar-refractivity contribution < 1.29 is 9.13 Å². The topological polar surface area (TPSA) is 73.1 Å². The first-order valence-electron chi connectivity index (χ1n) is 7.98. The third-order valence-corrected chi connectivity index (χ3v) is 3.58. The Morgan fingerprint density at radius 3 is 2.68 bits per heavy atom. The molecule has 0 spiro atoms. The number of nitrogens with zero attached hydrogens (tertiary/aromatic N) is 2. The van der Waals surface area contributed by atoms with Crippen molar-refractivity contribution in [2.24, 2.45) is 0 Å². The molecule has 0 fully saturated rings. The molecule has 0 unspecified atom stereocenters. The molecule has 0 aliphatic heterocycles. The van der Waals surface area contributed by atoms with E-state index < -0.39 is 0 Å². The number of anilines is 2. The Balaban J connectivity index is 1.53. The summed E-state index contributed by atoms with van der Waals surface area (Å²) < 4.78 is 18.8. The van der Waals surface area contributed by atoms with Gasteiger partial charge in [0.05, 0.1) is 6.54 Å². The van der Waals surface area contributed by atoms with Crippen LogP contribution in [0.4, 0.5) is 16.2 Å². The molecule has 0 aliphatic carbocycles. The van der Waals surface area contributed by atoms with Crippen molar-refractivity contribution in [1.29, 1.82) is 0 Å². The van der Waals surface area contributed by atoms with Gasteiger partial charge in [-0.25, -0.2) is 9.37 Å². The van der Waals surface area contributed by atoms with Gasteiger partial charge in [0, 0.05) is 18.2 Å². The Morgan fingerprint density at radius 2 is 1.92 bits per heavy atom.